The van der Waals surface area contributed by atoms with Crippen LogP contribution in [0.4, 0.5) is 4.39 Å². The number of carbonyl (C=O) groups excluding carboxylic acids is 1. The number of rotatable bonds is 2. The van der Waals surface area contributed by atoms with E-state index >= 15 is 0 Å². The third-order valence-corrected chi connectivity index (χ3v) is 4.26. The molecule has 0 unspecified atom stereocenters. The molecule has 0 saturated carbocycles. The molecule has 0 bridgehead atoms. The molecule has 0 N–H and O–H groups in total. The first kappa shape index (κ1) is 13.9. The molecule has 1 fully saturated rings. The fourth-order valence-corrected chi connectivity index (χ4v) is 3.20. The summed E-state index contributed by atoms with van der Waals surface area (Å²) in [5, 5.41) is 4.17. The molecular formula is C17H15FN4O. The average Bonchev–Trinajstić information content (AvgIpc) is 3.21. The van der Waals surface area contributed by atoms with Crippen LogP contribution in [0.1, 0.15) is 34.8 Å². The fourth-order valence-electron chi connectivity index (χ4n) is 3.20. The van der Waals surface area contributed by atoms with Gasteiger partial charge in [-0.2, -0.15) is 5.10 Å². The number of aromatic nitrogens is 3. The predicted octanol–water partition coefficient (Wildman–Crippen LogP) is 2.85. The third kappa shape index (κ3) is 2.36. The lowest BCUT2D eigenvalue weighted by Gasteiger charge is -2.24. The molecule has 1 amide bonds. The summed E-state index contributed by atoms with van der Waals surface area (Å²) in [5.41, 5.74) is 1.86. The van der Waals surface area contributed by atoms with E-state index in [1.165, 1.54) is 12.1 Å². The van der Waals surface area contributed by atoms with Crippen molar-refractivity contribution in [3.63, 3.8) is 0 Å². The average molecular weight is 310 g/mol. The lowest BCUT2D eigenvalue weighted by Crippen LogP contribution is -2.30. The van der Waals surface area contributed by atoms with Gasteiger partial charge in [0.05, 0.1) is 12.2 Å². The number of amides is 1. The molecule has 116 valence electrons. The normalized spacial score (nSPS) is 17.8. The Morgan fingerprint density at radius 2 is 2.22 bits per heavy atom. The molecule has 1 aliphatic heterocycles. The summed E-state index contributed by atoms with van der Waals surface area (Å²) in [4.78, 5) is 19.0. The van der Waals surface area contributed by atoms with Gasteiger partial charge >= 0.3 is 0 Å². The molecule has 3 aromatic rings. The van der Waals surface area contributed by atoms with E-state index in [2.05, 4.69) is 10.1 Å². The summed E-state index contributed by atoms with van der Waals surface area (Å²) in [5.74, 6) is -0.384. The van der Waals surface area contributed by atoms with Crippen LogP contribution in [0.15, 0.2) is 48.9 Å². The van der Waals surface area contributed by atoms with Crippen LogP contribution >= 0.6 is 0 Å². The maximum absolute atomic E-state index is 13.5. The zero-order valence-corrected chi connectivity index (χ0v) is 12.4. The largest absolute Gasteiger partial charge is 0.331 e. The number of likely N-dealkylation sites (tertiary alicyclic amines) is 1. The van der Waals surface area contributed by atoms with Crippen molar-refractivity contribution in [3.8, 4) is 0 Å². The highest BCUT2D eigenvalue weighted by atomic mass is 19.1. The van der Waals surface area contributed by atoms with Gasteiger partial charge in [0.2, 0.25) is 0 Å². The zero-order valence-electron chi connectivity index (χ0n) is 12.4. The van der Waals surface area contributed by atoms with Crippen LogP contribution in [0.25, 0.3) is 5.65 Å². The lowest BCUT2D eigenvalue weighted by atomic mass is 10.0. The summed E-state index contributed by atoms with van der Waals surface area (Å²) in [6, 6.07) is 8.14. The second-order valence-electron chi connectivity index (χ2n) is 5.66. The summed E-state index contributed by atoms with van der Waals surface area (Å²) in [6.45, 7) is 0.657. The Balaban J connectivity index is 1.70. The molecule has 0 aliphatic carbocycles. The molecule has 1 saturated heterocycles. The van der Waals surface area contributed by atoms with Crippen LogP contribution in [0.3, 0.4) is 0 Å². The van der Waals surface area contributed by atoms with E-state index in [4.69, 9.17) is 0 Å². The summed E-state index contributed by atoms with van der Waals surface area (Å²) in [7, 11) is 0. The highest BCUT2D eigenvalue weighted by molar-refractivity contribution is 6.00. The van der Waals surface area contributed by atoms with E-state index in [-0.39, 0.29) is 17.8 Å². The van der Waals surface area contributed by atoms with E-state index < -0.39 is 0 Å². The van der Waals surface area contributed by atoms with Gasteiger partial charge in [-0.25, -0.2) is 13.9 Å². The number of nitrogens with zero attached hydrogens (tertiary/aromatic N) is 4. The quantitative estimate of drug-likeness (QED) is 0.731. The summed E-state index contributed by atoms with van der Waals surface area (Å²) < 4.78 is 15.1. The maximum Gasteiger partial charge on any atom is 0.259 e. The Kier molecular flexibility index (Phi) is 3.29. The fraction of sp³-hybridized carbons (Fsp3) is 0.235. The van der Waals surface area contributed by atoms with Gasteiger partial charge in [-0.3, -0.25) is 4.79 Å². The highest BCUT2D eigenvalue weighted by Crippen LogP contribution is 2.33. The van der Waals surface area contributed by atoms with E-state index in [1.807, 2.05) is 6.07 Å². The van der Waals surface area contributed by atoms with Gasteiger partial charge in [-0.1, -0.05) is 12.1 Å². The molecule has 1 atom stereocenters. The smallest absolute Gasteiger partial charge is 0.259 e. The van der Waals surface area contributed by atoms with Gasteiger partial charge in [0, 0.05) is 18.9 Å². The van der Waals surface area contributed by atoms with Crippen LogP contribution in [0.5, 0.6) is 0 Å². The van der Waals surface area contributed by atoms with Crippen molar-refractivity contribution < 1.29 is 9.18 Å². The molecule has 2 aromatic heterocycles. The molecule has 23 heavy (non-hydrogen) atoms. The molecular weight excluding hydrogens is 295 g/mol. The van der Waals surface area contributed by atoms with Gasteiger partial charge in [0.1, 0.15) is 11.4 Å². The topological polar surface area (TPSA) is 50.5 Å². The predicted molar refractivity (Wildman–Crippen MR) is 82.4 cm³/mol. The van der Waals surface area contributed by atoms with Gasteiger partial charge in [-0.15, -0.1) is 0 Å². The lowest BCUT2D eigenvalue weighted by molar-refractivity contribution is 0.0737. The first-order valence-electron chi connectivity index (χ1n) is 7.59. The Morgan fingerprint density at radius 1 is 1.30 bits per heavy atom. The second kappa shape index (κ2) is 5.46. The standard InChI is InChI=1S/C17H15FN4O/c18-13-5-1-4-12(10-13)15-6-2-8-21(15)17(23)14-11-20-22-9-3-7-19-16(14)22/h1,3-5,7,9-11,15H,2,6,8H2/t15-/m1/s1. The Labute approximate surface area is 132 Å². The molecule has 6 heteroatoms. The maximum atomic E-state index is 13.5. The van der Waals surface area contributed by atoms with Gasteiger partial charge in [0.15, 0.2) is 5.65 Å². The van der Waals surface area contributed by atoms with Crippen LogP contribution in [-0.2, 0) is 0 Å². The van der Waals surface area contributed by atoms with Crippen LogP contribution in [-0.4, -0.2) is 31.9 Å². The minimum absolute atomic E-state index is 0.100. The summed E-state index contributed by atoms with van der Waals surface area (Å²) >= 11 is 0. The van der Waals surface area contributed by atoms with E-state index in [9.17, 15) is 9.18 Å². The van der Waals surface area contributed by atoms with Crippen molar-refractivity contribution in [2.75, 3.05) is 6.54 Å². The Bertz CT molecular complexity index is 876. The van der Waals surface area contributed by atoms with Crippen LogP contribution < -0.4 is 0 Å². The Morgan fingerprint density at radius 3 is 3.09 bits per heavy atom. The molecule has 1 aliphatic rings. The third-order valence-electron chi connectivity index (χ3n) is 4.26. The number of hydrogen-bond acceptors (Lipinski definition) is 3. The van der Waals surface area contributed by atoms with Crippen molar-refractivity contribution >= 4 is 11.6 Å². The number of halogens is 1. The number of benzene rings is 1. The zero-order chi connectivity index (χ0) is 15.8. The minimum Gasteiger partial charge on any atom is -0.331 e. The van der Waals surface area contributed by atoms with E-state index in [1.54, 1.807) is 40.1 Å². The molecule has 4 rings (SSSR count). The molecule has 3 heterocycles. The SMILES string of the molecule is O=C(c1cnn2cccnc12)N1CCC[C@@H]1c1cccc(F)c1. The first-order valence-corrected chi connectivity index (χ1v) is 7.59. The van der Waals surface area contributed by atoms with E-state index in [0.29, 0.717) is 17.8 Å². The monoisotopic (exact) mass is 310 g/mol. The van der Waals surface area contributed by atoms with E-state index in [0.717, 1.165) is 18.4 Å². The Hall–Kier alpha value is -2.76. The summed E-state index contributed by atoms with van der Waals surface area (Å²) in [6.07, 6.45) is 6.68. The first-order chi connectivity index (χ1) is 11.2. The van der Waals surface area contributed by atoms with Crippen LogP contribution in [0.2, 0.25) is 0 Å². The minimum atomic E-state index is -0.278. The number of carbonyl (C=O) groups is 1. The van der Waals surface area contributed by atoms with Gasteiger partial charge < -0.3 is 4.90 Å². The van der Waals surface area contributed by atoms with Crippen molar-refractivity contribution in [1.29, 1.82) is 0 Å². The van der Waals surface area contributed by atoms with Crippen molar-refractivity contribution in [2.24, 2.45) is 0 Å². The second-order valence-corrected chi connectivity index (χ2v) is 5.66. The van der Waals surface area contributed by atoms with Crippen LogP contribution in [0, 0.1) is 5.82 Å². The molecule has 1 aromatic carbocycles. The molecule has 5 nitrogen and oxygen atoms in total. The number of fused-ring (bicyclic) bond motifs is 1. The van der Waals surface area contributed by atoms with Gasteiger partial charge in [0.25, 0.3) is 5.91 Å². The highest BCUT2D eigenvalue weighted by Gasteiger charge is 2.32. The van der Waals surface area contributed by atoms with Crippen molar-refractivity contribution in [2.45, 2.75) is 18.9 Å². The van der Waals surface area contributed by atoms with Crippen molar-refractivity contribution in [1.82, 2.24) is 19.5 Å². The van der Waals surface area contributed by atoms with Gasteiger partial charge in [-0.05, 0) is 36.6 Å². The number of hydrogen-bond donors (Lipinski definition) is 0. The molecule has 0 radical (unpaired) electrons. The molecule has 0 spiro atoms. The van der Waals surface area contributed by atoms with Crippen molar-refractivity contribution in [3.05, 3.63) is 65.9 Å².